The molecule has 1 aromatic carbocycles. The molecule has 4 rings (SSSR count). The first-order valence-corrected chi connectivity index (χ1v) is 10.3. The number of thiophene rings is 1. The van der Waals surface area contributed by atoms with E-state index in [1.807, 2.05) is 6.92 Å². The molecule has 146 valence electrons. The normalized spacial score (nSPS) is 13.4. The van der Waals surface area contributed by atoms with Crippen molar-refractivity contribution in [3.8, 4) is 5.75 Å². The van der Waals surface area contributed by atoms with Crippen LogP contribution in [-0.4, -0.2) is 22.5 Å². The highest BCUT2D eigenvalue weighted by Gasteiger charge is 2.20. The van der Waals surface area contributed by atoms with E-state index in [0.29, 0.717) is 22.0 Å². The average molecular weight is 419 g/mol. The van der Waals surface area contributed by atoms with Crippen LogP contribution in [0.15, 0.2) is 23.0 Å². The van der Waals surface area contributed by atoms with Gasteiger partial charge in [0.15, 0.2) is 6.61 Å². The summed E-state index contributed by atoms with van der Waals surface area (Å²) in [5.41, 5.74) is 1.80. The maximum Gasteiger partial charge on any atom is 0.344 e. The van der Waals surface area contributed by atoms with Crippen LogP contribution in [0, 0.1) is 6.92 Å². The predicted molar refractivity (Wildman–Crippen MR) is 108 cm³/mol. The number of aromatic amines is 1. The van der Waals surface area contributed by atoms with Gasteiger partial charge in [-0.25, -0.2) is 9.78 Å². The summed E-state index contributed by atoms with van der Waals surface area (Å²) in [7, 11) is 0. The molecule has 0 radical (unpaired) electrons. The summed E-state index contributed by atoms with van der Waals surface area (Å²) in [5.74, 6) is 0.369. The van der Waals surface area contributed by atoms with Gasteiger partial charge in [0.1, 0.15) is 23.0 Å². The molecule has 0 fully saturated rings. The highest BCUT2D eigenvalue weighted by molar-refractivity contribution is 7.18. The minimum Gasteiger partial charge on any atom is -0.482 e. The number of aromatic nitrogens is 2. The summed E-state index contributed by atoms with van der Waals surface area (Å²) in [5, 5.41) is 1.30. The van der Waals surface area contributed by atoms with Crippen LogP contribution in [0.5, 0.6) is 5.75 Å². The number of carbonyl (C=O) groups is 1. The molecule has 0 unspecified atom stereocenters. The van der Waals surface area contributed by atoms with Crippen molar-refractivity contribution >= 4 is 39.1 Å². The predicted octanol–water partition coefficient (Wildman–Crippen LogP) is 3.95. The first-order chi connectivity index (χ1) is 13.5. The number of esters is 1. The number of hydrogen-bond donors (Lipinski definition) is 1. The third kappa shape index (κ3) is 3.91. The number of aryl methyl sites for hydroxylation is 3. The Hall–Kier alpha value is -2.38. The zero-order valence-electron chi connectivity index (χ0n) is 15.3. The van der Waals surface area contributed by atoms with Crippen molar-refractivity contribution in [1.82, 2.24) is 9.97 Å². The third-order valence-corrected chi connectivity index (χ3v) is 6.15. The highest BCUT2D eigenvalue weighted by atomic mass is 35.5. The van der Waals surface area contributed by atoms with E-state index in [2.05, 4.69) is 9.97 Å². The fraction of sp³-hybridized carbons (Fsp3) is 0.350. The number of halogens is 1. The molecule has 8 heteroatoms. The van der Waals surface area contributed by atoms with Gasteiger partial charge in [-0.3, -0.25) is 4.79 Å². The molecule has 0 aliphatic heterocycles. The zero-order valence-corrected chi connectivity index (χ0v) is 16.9. The van der Waals surface area contributed by atoms with Crippen LogP contribution < -0.4 is 10.3 Å². The van der Waals surface area contributed by atoms with E-state index in [9.17, 15) is 9.59 Å². The molecule has 3 aromatic rings. The molecule has 0 bridgehead atoms. The van der Waals surface area contributed by atoms with Gasteiger partial charge in [-0.15, -0.1) is 11.3 Å². The van der Waals surface area contributed by atoms with Crippen LogP contribution >= 0.6 is 22.9 Å². The average Bonchev–Trinajstić information content (AvgIpc) is 3.04. The standard InChI is InChI=1S/C20H19ClN2O4S/c1-11-8-12(21)6-7-14(11)26-10-17(24)27-9-16-22-19(25)18-13-4-2-3-5-15(13)28-20(18)23-16/h6-8H,2-5,9-10H2,1H3,(H,22,23,25). The van der Waals surface area contributed by atoms with Gasteiger partial charge in [0.25, 0.3) is 5.56 Å². The monoisotopic (exact) mass is 418 g/mol. The van der Waals surface area contributed by atoms with Crippen LogP contribution in [0.4, 0.5) is 0 Å². The van der Waals surface area contributed by atoms with Crippen molar-refractivity contribution in [3.05, 3.63) is 55.4 Å². The quantitative estimate of drug-likeness (QED) is 0.634. The van der Waals surface area contributed by atoms with Gasteiger partial charge in [0.2, 0.25) is 0 Å². The zero-order chi connectivity index (χ0) is 19.7. The molecule has 1 aliphatic rings. The summed E-state index contributed by atoms with van der Waals surface area (Å²) in [4.78, 5) is 33.7. The number of hydrogen-bond acceptors (Lipinski definition) is 6. The van der Waals surface area contributed by atoms with E-state index < -0.39 is 5.97 Å². The minimum atomic E-state index is -0.539. The fourth-order valence-electron chi connectivity index (χ4n) is 3.38. The number of fused-ring (bicyclic) bond motifs is 3. The van der Waals surface area contributed by atoms with Crippen LogP contribution in [0.3, 0.4) is 0 Å². The lowest BCUT2D eigenvalue weighted by Gasteiger charge is -2.10. The molecule has 1 aliphatic carbocycles. The van der Waals surface area contributed by atoms with Gasteiger partial charge in [0, 0.05) is 9.90 Å². The Morgan fingerprint density at radius 2 is 2.14 bits per heavy atom. The maximum atomic E-state index is 12.5. The highest BCUT2D eigenvalue weighted by Crippen LogP contribution is 2.33. The molecular formula is C20H19ClN2O4S. The van der Waals surface area contributed by atoms with Crippen LogP contribution in [0.1, 0.15) is 34.7 Å². The van der Waals surface area contributed by atoms with Gasteiger partial charge < -0.3 is 14.5 Å². The SMILES string of the molecule is Cc1cc(Cl)ccc1OCC(=O)OCc1nc2sc3c(c2c(=O)[nH]1)CCCC3. The molecule has 0 atom stereocenters. The number of nitrogens with one attached hydrogen (secondary N) is 1. The lowest BCUT2D eigenvalue weighted by molar-refractivity contribution is -0.147. The Labute approximate surface area is 170 Å². The topological polar surface area (TPSA) is 81.3 Å². The number of rotatable bonds is 5. The minimum absolute atomic E-state index is 0.102. The van der Waals surface area contributed by atoms with Gasteiger partial charge in [-0.1, -0.05) is 11.6 Å². The summed E-state index contributed by atoms with van der Waals surface area (Å²) in [6.07, 6.45) is 4.18. The smallest absolute Gasteiger partial charge is 0.344 e. The van der Waals surface area contributed by atoms with E-state index in [4.69, 9.17) is 21.1 Å². The molecule has 1 N–H and O–H groups in total. The lowest BCUT2D eigenvalue weighted by atomic mass is 9.97. The largest absolute Gasteiger partial charge is 0.482 e. The fourth-order valence-corrected chi connectivity index (χ4v) is 4.89. The summed E-state index contributed by atoms with van der Waals surface area (Å²) >= 11 is 7.47. The van der Waals surface area contributed by atoms with E-state index in [0.717, 1.165) is 41.6 Å². The van der Waals surface area contributed by atoms with Crippen molar-refractivity contribution < 1.29 is 14.3 Å². The second-order valence-corrected chi connectivity index (χ2v) is 8.28. The molecule has 0 saturated heterocycles. The Bertz CT molecular complexity index is 1110. The number of ether oxygens (including phenoxy) is 2. The number of benzene rings is 1. The second-order valence-electron chi connectivity index (χ2n) is 6.76. The molecule has 6 nitrogen and oxygen atoms in total. The Morgan fingerprint density at radius 3 is 2.96 bits per heavy atom. The first-order valence-electron chi connectivity index (χ1n) is 9.09. The maximum absolute atomic E-state index is 12.5. The van der Waals surface area contributed by atoms with Crippen LogP contribution in [0.2, 0.25) is 5.02 Å². The Kier molecular flexibility index (Phi) is 5.37. The van der Waals surface area contributed by atoms with Gasteiger partial charge in [0.05, 0.1) is 5.39 Å². The van der Waals surface area contributed by atoms with Crippen molar-refractivity contribution in [3.63, 3.8) is 0 Å². The van der Waals surface area contributed by atoms with E-state index in [1.165, 1.54) is 4.88 Å². The van der Waals surface area contributed by atoms with E-state index in [-0.39, 0.29) is 18.8 Å². The van der Waals surface area contributed by atoms with Crippen molar-refractivity contribution in [2.24, 2.45) is 0 Å². The molecule has 28 heavy (non-hydrogen) atoms. The van der Waals surface area contributed by atoms with Crippen LogP contribution in [0.25, 0.3) is 10.2 Å². The van der Waals surface area contributed by atoms with E-state index in [1.54, 1.807) is 29.5 Å². The molecule has 0 amide bonds. The Morgan fingerprint density at radius 1 is 1.32 bits per heavy atom. The molecule has 0 spiro atoms. The van der Waals surface area contributed by atoms with Crippen molar-refractivity contribution in [2.75, 3.05) is 6.61 Å². The molecule has 2 heterocycles. The van der Waals surface area contributed by atoms with Crippen molar-refractivity contribution in [2.45, 2.75) is 39.2 Å². The number of H-pyrrole nitrogens is 1. The lowest BCUT2D eigenvalue weighted by Crippen LogP contribution is -2.18. The molecular weight excluding hydrogens is 400 g/mol. The van der Waals surface area contributed by atoms with Crippen LogP contribution in [-0.2, 0) is 29.0 Å². The van der Waals surface area contributed by atoms with Crippen molar-refractivity contribution in [1.29, 1.82) is 0 Å². The summed E-state index contributed by atoms with van der Waals surface area (Å²) in [6, 6.07) is 5.16. The van der Waals surface area contributed by atoms with Gasteiger partial charge >= 0.3 is 5.97 Å². The van der Waals surface area contributed by atoms with E-state index >= 15 is 0 Å². The molecule has 2 aromatic heterocycles. The second kappa shape index (κ2) is 7.93. The number of carbonyl (C=O) groups excluding carboxylic acids is 1. The van der Waals surface area contributed by atoms with Gasteiger partial charge in [-0.05, 0) is 61.9 Å². The Balaban J connectivity index is 1.41. The molecule has 0 saturated carbocycles. The van der Waals surface area contributed by atoms with Gasteiger partial charge in [-0.2, -0.15) is 0 Å². The first kappa shape index (κ1) is 19.0. The number of nitrogens with zero attached hydrogens (tertiary/aromatic N) is 1. The summed E-state index contributed by atoms with van der Waals surface area (Å²) < 4.78 is 10.7. The third-order valence-electron chi connectivity index (χ3n) is 4.73. The summed E-state index contributed by atoms with van der Waals surface area (Å²) in [6.45, 7) is 1.51.